The largest absolute Gasteiger partial charge is 0.484 e. The van der Waals surface area contributed by atoms with E-state index < -0.39 is 71.1 Å². The number of hydrogen-bond donors (Lipinski definition) is 3. The average molecular weight is 867 g/mol. The Morgan fingerprint density at radius 1 is 0.881 bits per heavy atom. The van der Waals surface area contributed by atoms with Gasteiger partial charge in [-0.2, -0.15) is 4.31 Å². The highest BCUT2D eigenvalue weighted by molar-refractivity contribution is 7.61. The Hall–Kier alpha value is -4.45. The van der Waals surface area contributed by atoms with Crippen LogP contribution in [-0.4, -0.2) is 45.1 Å². The first-order chi connectivity index (χ1) is 27.7. The molecule has 3 aromatic rings. The summed E-state index contributed by atoms with van der Waals surface area (Å²) in [4.78, 5) is 64.3. The van der Waals surface area contributed by atoms with Crippen molar-refractivity contribution in [3.8, 4) is 11.5 Å². The van der Waals surface area contributed by atoms with E-state index in [2.05, 4.69) is 21.9 Å². The molecule has 0 bridgehead atoms. The number of phosphoric ester groups is 2. The van der Waals surface area contributed by atoms with Crippen molar-refractivity contribution in [3.63, 3.8) is 0 Å². The fourth-order valence-corrected chi connectivity index (χ4v) is 8.20. The summed E-state index contributed by atoms with van der Waals surface area (Å²) in [6.07, 6.45) is 5.91. The monoisotopic (exact) mass is 866 g/mol. The number of benzene rings is 2. The molecule has 0 amide bonds. The number of nitrogens with one attached hydrogen (secondary N) is 1. The molecule has 0 radical (unpaired) electrons. The zero-order valence-electron chi connectivity index (χ0n) is 33.3. The lowest BCUT2D eigenvalue weighted by atomic mass is 10.1. The van der Waals surface area contributed by atoms with Crippen LogP contribution >= 0.6 is 15.6 Å². The SMILES string of the molecule is CCCCCCCC(=O)Oc1ccc(COP(=O)(OCc2ccc(OC(=O)CCCC)cc2)OP(=O)(O)OC[C@H]2O[C@@H](n3cc(C)c(=O)[nH]c3=O)CC2N=[N+]=[N-])cc1.N. The number of unbranched alkanes of at least 4 members (excludes halogenated alkanes) is 5. The minimum absolute atomic E-state index is 0. The normalized spacial score (nSPS) is 18.1. The third-order valence-electron chi connectivity index (χ3n) is 8.77. The molecular formula is C37H52N6O14P2. The molecule has 20 nitrogen and oxygen atoms in total. The molecule has 0 aliphatic carbocycles. The van der Waals surface area contributed by atoms with Crippen LogP contribution < -0.4 is 26.9 Å². The molecule has 324 valence electrons. The van der Waals surface area contributed by atoms with Crippen LogP contribution in [0.3, 0.4) is 0 Å². The van der Waals surface area contributed by atoms with E-state index in [4.69, 9.17) is 37.6 Å². The standard InChI is InChI=1S/C37H49N5O14P2.H3N/c1-4-6-8-9-10-12-35(44)54-30-19-15-28(16-20-30)24-52-58(49,51-23-27-13-17-29(18-14-27)53-34(43)11-7-5-2)56-57(47,48)50-25-32-31(40-41-38)21-33(55-32)42-22-26(3)36(45)39-37(42)46;/h13-20,22,31-33H,4-12,21,23-25H2,1-3H3,(H,47,48)(H,39,45,46);1H3/t31?,32-,33-,58?;/m1./s1. The Kier molecular flexibility index (Phi) is 19.9. The van der Waals surface area contributed by atoms with Crippen molar-refractivity contribution >= 4 is 27.6 Å². The summed E-state index contributed by atoms with van der Waals surface area (Å²) in [5.41, 5.74) is 8.75. The number of rotatable bonds is 24. The van der Waals surface area contributed by atoms with Crippen molar-refractivity contribution < 1.29 is 55.7 Å². The van der Waals surface area contributed by atoms with Crippen LogP contribution in [0.1, 0.15) is 101 Å². The molecule has 1 aliphatic heterocycles. The predicted octanol–water partition coefficient (Wildman–Crippen LogP) is 8.01. The van der Waals surface area contributed by atoms with Gasteiger partial charge in [-0.15, -0.1) is 0 Å². The number of carbonyl (C=O) groups excluding carboxylic acids is 2. The molecule has 2 aromatic carbocycles. The number of azide groups is 1. The van der Waals surface area contributed by atoms with Gasteiger partial charge in [0, 0.05) is 35.9 Å². The van der Waals surface area contributed by atoms with Gasteiger partial charge in [-0.25, -0.2) is 13.9 Å². The van der Waals surface area contributed by atoms with Gasteiger partial charge in [-0.05, 0) is 60.7 Å². The Labute approximate surface area is 340 Å². The highest BCUT2D eigenvalue weighted by atomic mass is 31.3. The van der Waals surface area contributed by atoms with Crippen molar-refractivity contribution in [2.24, 2.45) is 5.11 Å². The number of phosphoric acid groups is 2. The topological polar surface area (TPSA) is 292 Å². The van der Waals surface area contributed by atoms with E-state index in [9.17, 15) is 33.2 Å². The van der Waals surface area contributed by atoms with Gasteiger partial charge in [0.15, 0.2) is 0 Å². The molecule has 3 unspecified atom stereocenters. The molecule has 1 saturated heterocycles. The molecule has 4 rings (SSSR count). The fourth-order valence-electron chi connectivity index (χ4n) is 5.60. The van der Waals surface area contributed by atoms with Crippen LogP contribution in [0.15, 0.2) is 69.4 Å². The van der Waals surface area contributed by atoms with Gasteiger partial charge in [-0.3, -0.25) is 37.5 Å². The molecule has 22 heteroatoms. The second-order valence-electron chi connectivity index (χ2n) is 13.5. The lowest BCUT2D eigenvalue weighted by Crippen LogP contribution is -2.33. The maximum atomic E-state index is 14.0. The van der Waals surface area contributed by atoms with Crippen LogP contribution in [0.5, 0.6) is 11.5 Å². The van der Waals surface area contributed by atoms with Crippen LogP contribution in [0, 0.1) is 6.92 Å². The first kappa shape index (κ1) is 48.9. The van der Waals surface area contributed by atoms with Gasteiger partial charge in [0.2, 0.25) is 0 Å². The zero-order valence-corrected chi connectivity index (χ0v) is 35.1. The Bertz CT molecular complexity index is 2090. The lowest BCUT2D eigenvalue weighted by Gasteiger charge is -2.22. The second-order valence-corrected chi connectivity index (χ2v) is 16.7. The summed E-state index contributed by atoms with van der Waals surface area (Å²) in [5.74, 6) is -0.227. The maximum absolute atomic E-state index is 14.0. The summed E-state index contributed by atoms with van der Waals surface area (Å²) in [6.45, 7) is 3.90. The van der Waals surface area contributed by atoms with Gasteiger partial charge >= 0.3 is 33.3 Å². The summed E-state index contributed by atoms with van der Waals surface area (Å²) in [6, 6.07) is 11.1. The molecule has 5 N–H and O–H groups in total. The molecule has 59 heavy (non-hydrogen) atoms. The van der Waals surface area contributed by atoms with E-state index in [1.54, 1.807) is 0 Å². The van der Waals surface area contributed by atoms with E-state index in [0.717, 1.165) is 43.1 Å². The first-order valence-electron chi connectivity index (χ1n) is 18.9. The summed E-state index contributed by atoms with van der Waals surface area (Å²) in [7, 11) is -10.3. The average Bonchev–Trinajstić information content (AvgIpc) is 3.59. The van der Waals surface area contributed by atoms with Gasteiger partial charge in [0.25, 0.3) is 5.56 Å². The van der Waals surface area contributed by atoms with E-state index in [0.29, 0.717) is 17.5 Å². The Morgan fingerprint density at radius 3 is 1.97 bits per heavy atom. The highest BCUT2D eigenvalue weighted by Gasteiger charge is 2.42. The molecule has 5 atom stereocenters. The minimum atomic E-state index is -5.30. The number of H-pyrrole nitrogens is 1. The van der Waals surface area contributed by atoms with Crippen LogP contribution in [0.2, 0.25) is 0 Å². The van der Waals surface area contributed by atoms with Crippen molar-refractivity contribution in [2.45, 2.75) is 117 Å². The molecule has 1 aliphatic rings. The van der Waals surface area contributed by atoms with Crippen LogP contribution in [0.4, 0.5) is 0 Å². The second kappa shape index (κ2) is 24.0. The maximum Gasteiger partial charge on any atom is 0.484 e. The number of ether oxygens (including phenoxy) is 3. The van der Waals surface area contributed by atoms with Gasteiger partial charge in [0.1, 0.15) is 17.7 Å². The number of carbonyl (C=O) groups is 2. The Balaban J connectivity index is 0.00000930. The van der Waals surface area contributed by atoms with E-state index in [1.807, 2.05) is 6.92 Å². The number of hydrogen-bond acceptors (Lipinski definition) is 15. The predicted molar refractivity (Wildman–Crippen MR) is 214 cm³/mol. The number of aromatic nitrogens is 2. The summed E-state index contributed by atoms with van der Waals surface area (Å²) in [5, 5.41) is 3.65. The van der Waals surface area contributed by atoms with Gasteiger partial charge in [0.05, 0.1) is 32.0 Å². The molecular weight excluding hydrogens is 814 g/mol. The fraction of sp³-hybridized carbons (Fsp3) is 0.514. The zero-order chi connectivity index (χ0) is 42.1. The van der Waals surface area contributed by atoms with E-state index in [-0.39, 0.29) is 48.4 Å². The Morgan fingerprint density at radius 2 is 1.42 bits per heavy atom. The number of nitrogens with zero attached hydrogens (tertiary/aromatic N) is 4. The van der Waals surface area contributed by atoms with Crippen molar-refractivity contribution in [2.75, 3.05) is 6.61 Å². The van der Waals surface area contributed by atoms with Gasteiger partial charge < -0.3 is 25.3 Å². The molecule has 0 spiro atoms. The summed E-state index contributed by atoms with van der Waals surface area (Å²) < 4.78 is 66.0. The number of aryl methyl sites for hydroxylation is 1. The smallest absolute Gasteiger partial charge is 0.427 e. The third-order valence-corrected chi connectivity index (χ3v) is 11.8. The van der Waals surface area contributed by atoms with Crippen molar-refractivity contribution in [3.05, 3.63) is 103 Å². The minimum Gasteiger partial charge on any atom is -0.427 e. The quantitative estimate of drug-likeness (QED) is 0.0146. The summed E-state index contributed by atoms with van der Waals surface area (Å²) >= 11 is 0. The van der Waals surface area contributed by atoms with Gasteiger partial charge in [-0.1, -0.05) is 75.3 Å². The lowest BCUT2D eigenvalue weighted by molar-refractivity contribution is -0.135. The van der Waals surface area contributed by atoms with Crippen molar-refractivity contribution in [1.29, 1.82) is 0 Å². The van der Waals surface area contributed by atoms with E-state index >= 15 is 0 Å². The molecule has 1 fully saturated rings. The van der Waals surface area contributed by atoms with Crippen molar-refractivity contribution in [1.82, 2.24) is 15.7 Å². The van der Waals surface area contributed by atoms with Crippen LogP contribution in [-0.2, 0) is 54.6 Å². The number of esters is 2. The molecule has 1 aromatic heterocycles. The number of aromatic amines is 1. The molecule has 2 heterocycles. The molecule has 0 saturated carbocycles. The third kappa shape index (κ3) is 16.3. The highest BCUT2D eigenvalue weighted by Crippen LogP contribution is 2.64. The van der Waals surface area contributed by atoms with E-state index in [1.165, 1.54) is 61.7 Å². The van der Waals surface area contributed by atoms with Crippen LogP contribution in [0.25, 0.3) is 10.4 Å². The first-order valence-corrected chi connectivity index (χ1v) is 21.9.